The van der Waals surface area contributed by atoms with E-state index in [4.69, 9.17) is 4.74 Å². The first-order valence-corrected chi connectivity index (χ1v) is 8.12. The first kappa shape index (κ1) is 18.5. The van der Waals surface area contributed by atoms with E-state index < -0.39 is 5.97 Å². The molecule has 0 heterocycles. The number of carbonyl (C=O) groups is 2. The van der Waals surface area contributed by atoms with Gasteiger partial charge >= 0.3 is 5.97 Å². The van der Waals surface area contributed by atoms with Crippen LogP contribution in [0.2, 0.25) is 0 Å². The van der Waals surface area contributed by atoms with E-state index in [1.807, 2.05) is 55.4 Å². The molecule has 0 aliphatic carbocycles. The minimum atomic E-state index is -0.417. The average molecular weight is 337 g/mol. The largest absolute Gasteiger partial charge is 0.462 e. The summed E-state index contributed by atoms with van der Waals surface area (Å²) in [6, 6.07) is 14.9. The van der Waals surface area contributed by atoms with Crippen molar-refractivity contribution in [3.8, 4) is 0 Å². The maximum absolute atomic E-state index is 12.8. The maximum atomic E-state index is 12.8. The van der Waals surface area contributed by atoms with E-state index in [0.717, 1.165) is 11.3 Å². The summed E-state index contributed by atoms with van der Waals surface area (Å²) in [7, 11) is 3.89. The summed E-state index contributed by atoms with van der Waals surface area (Å²) in [4.78, 5) is 26.3. The number of hydrogen-bond acceptors (Lipinski definition) is 4. The molecule has 0 fully saturated rings. The quantitative estimate of drug-likeness (QED) is 0.440. The second-order valence-electron chi connectivity index (χ2n) is 6.10. The zero-order valence-electron chi connectivity index (χ0n) is 14.9. The van der Waals surface area contributed by atoms with Crippen LogP contribution in [0.1, 0.15) is 28.4 Å². The number of nitrogens with zero attached hydrogens (tertiary/aromatic N) is 1. The van der Waals surface area contributed by atoms with Crippen LogP contribution in [0.5, 0.6) is 0 Å². The molecule has 25 heavy (non-hydrogen) atoms. The van der Waals surface area contributed by atoms with E-state index in [9.17, 15) is 9.59 Å². The number of anilines is 1. The van der Waals surface area contributed by atoms with Crippen molar-refractivity contribution < 1.29 is 14.3 Å². The van der Waals surface area contributed by atoms with Crippen molar-refractivity contribution >= 4 is 17.4 Å². The van der Waals surface area contributed by atoms with Crippen LogP contribution in [0.25, 0.3) is 0 Å². The summed E-state index contributed by atoms with van der Waals surface area (Å²) in [6.07, 6.45) is 0.467. The van der Waals surface area contributed by atoms with Gasteiger partial charge < -0.3 is 9.64 Å². The Labute approximate surface area is 148 Å². The van der Waals surface area contributed by atoms with Crippen LogP contribution in [0.3, 0.4) is 0 Å². The van der Waals surface area contributed by atoms with Crippen LogP contribution in [0.15, 0.2) is 60.7 Å². The molecule has 0 N–H and O–H groups in total. The number of esters is 1. The monoisotopic (exact) mass is 337 g/mol. The predicted octanol–water partition coefficient (Wildman–Crippen LogP) is 3.65. The van der Waals surface area contributed by atoms with Gasteiger partial charge in [0.1, 0.15) is 0 Å². The molecule has 0 saturated heterocycles. The van der Waals surface area contributed by atoms with Crippen molar-refractivity contribution in [1.29, 1.82) is 0 Å². The van der Waals surface area contributed by atoms with Crippen LogP contribution in [0.4, 0.5) is 5.69 Å². The molecule has 0 unspecified atom stereocenters. The Hall–Kier alpha value is -2.88. The van der Waals surface area contributed by atoms with Crippen molar-refractivity contribution in [2.75, 3.05) is 25.6 Å². The molecule has 2 rings (SSSR count). The average Bonchev–Trinajstić information content (AvgIpc) is 2.61. The molecule has 4 heteroatoms. The maximum Gasteiger partial charge on any atom is 0.333 e. The van der Waals surface area contributed by atoms with Crippen LogP contribution in [-0.4, -0.2) is 32.5 Å². The predicted molar refractivity (Wildman–Crippen MR) is 100 cm³/mol. The Balaban J connectivity index is 2.27. The van der Waals surface area contributed by atoms with Crippen LogP contribution in [0, 0.1) is 0 Å². The highest BCUT2D eigenvalue weighted by Crippen LogP contribution is 2.21. The molecular weight excluding hydrogens is 314 g/mol. The lowest BCUT2D eigenvalue weighted by Gasteiger charge is -2.16. The third-order valence-electron chi connectivity index (χ3n) is 3.84. The summed E-state index contributed by atoms with van der Waals surface area (Å²) in [5.41, 5.74) is 3.48. The zero-order valence-corrected chi connectivity index (χ0v) is 14.9. The molecule has 2 aromatic carbocycles. The van der Waals surface area contributed by atoms with Gasteiger partial charge in [0.05, 0.1) is 6.61 Å². The second kappa shape index (κ2) is 8.29. The van der Waals surface area contributed by atoms with E-state index >= 15 is 0 Å². The Morgan fingerprint density at radius 1 is 1.08 bits per heavy atom. The van der Waals surface area contributed by atoms with Crippen LogP contribution >= 0.6 is 0 Å². The number of rotatable bonds is 7. The summed E-state index contributed by atoms with van der Waals surface area (Å²) in [5.74, 6) is -0.452. The molecule has 4 nitrogen and oxygen atoms in total. The van der Waals surface area contributed by atoms with Gasteiger partial charge in [-0.15, -0.1) is 0 Å². The van der Waals surface area contributed by atoms with Crippen molar-refractivity contribution in [2.24, 2.45) is 0 Å². The highest BCUT2D eigenvalue weighted by Gasteiger charge is 2.15. The number of benzene rings is 2. The van der Waals surface area contributed by atoms with Gasteiger partial charge in [-0.05, 0) is 30.7 Å². The van der Waals surface area contributed by atoms with Gasteiger partial charge in [-0.3, -0.25) is 4.79 Å². The first-order valence-electron chi connectivity index (χ1n) is 8.12. The summed E-state index contributed by atoms with van der Waals surface area (Å²) >= 11 is 0. The summed E-state index contributed by atoms with van der Waals surface area (Å²) in [6.45, 7) is 5.38. The van der Waals surface area contributed by atoms with E-state index in [0.29, 0.717) is 23.1 Å². The molecule has 0 aliphatic heterocycles. The summed E-state index contributed by atoms with van der Waals surface area (Å²) < 4.78 is 5.18. The standard InChI is InChI=1S/C21H23NO3/c1-15(2)21(24)25-13-12-17-14-18(22(3)4)10-11-19(17)20(23)16-8-6-5-7-9-16/h5-11,14H,1,12-13H2,2-4H3. The Morgan fingerprint density at radius 3 is 2.36 bits per heavy atom. The topological polar surface area (TPSA) is 46.6 Å². The third kappa shape index (κ3) is 4.80. The lowest BCUT2D eigenvalue weighted by molar-refractivity contribution is -0.138. The van der Waals surface area contributed by atoms with Gasteiger partial charge in [0.15, 0.2) is 5.78 Å². The Bertz CT molecular complexity index is 779. The second-order valence-corrected chi connectivity index (χ2v) is 6.10. The van der Waals surface area contributed by atoms with Gasteiger partial charge in [0, 0.05) is 42.9 Å². The molecule has 0 amide bonds. The minimum absolute atomic E-state index is 0.0351. The highest BCUT2D eigenvalue weighted by atomic mass is 16.5. The first-order chi connectivity index (χ1) is 11.9. The number of carbonyl (C=O) groups excluding carboxylic acids is 2. The lowest BCUT2D eigenvalue weighted by atomic mass is 9.96. The molecule has 2 aromatic rings. The van der Waals surface area contributed by atoms with Gasteiger partial charge in [0.25, 0.3) is 0 Å². The Morgan fingerprint density at radius 2 is 1.76 bits per heavy atom. The van der Waals surface area contributed by atoms with Crippen LogP contribution < -0.4 is 4.90 Å². The molecule has 0 aromatic heterocycles. The smallest absolute Gasteiger partial charge is 0.333 e. The fourth-order valence-electron chi connectivity index (χ4n) is 2.41. The molecule has 0 spiro atoms. The number of ether oxygens (including phenoxy) is 1. The van der Waals surface area contributed by atoms with Crippen molar-refractivity contribution in [3.63, 3.8) is 0 Å². The number of ketones is 1. The van der Waals surface area contributed by atoms with Crippen molar-refractivity contribution in [3.05, 3.63) is 77.4 Å². The molecule has 0 atom stereocenters. The normalized spacial score (nSPS) is 10.2. The third-order valence-corrected chi connectivity index (χ3v) is 3.84. The fourth-order valence-corrected chi connectivity index (χ4v) is 2.41. The Kier molecular flexibility index (Phi) is 6.12. The SMILES string of the molecule is C=C(C)C(=O)OCCc1cc(N(C)C)ccc1C(=O)c1ccccc1. The molecule has 0 saturated carbocycles. The minimum Gasteiger partial charge on any atom is -0.462 e. The molecule has 0 radical (unpaired) electrons. The highest BCUT2D eigenvalue weighted by molar-refractivity contribution is 6.10. The number of hydrogen-bond donors (Lipinski definition) is 0. The van der Waals surface area contributed by atoms with Gasteiger partial charge in [-0.2, -0.15) is 0 Å². The zero-order chi connectivity index (χ0) is 18.4. The van der Waals surface area contributed by atoms with Gasteiger partial charge in [0.2, 0.25) is 0 Å². The van der Waals surface area contributed by atoms with E-state index in [1.165, 1.54) is 0 Å². The van der Waals surface area contributed by atoms with Gasteiger partial charge in [-0.25, -0.2) is 4.79 Å². The van der Waals surface area contributed by atoms with E-state index in [1.54, 1.807) is 19.1 Å². The van der Waals surface area contributed by atoms with E-state index in [2.05, 4.69) is 6.58 Å². The van der Waals surface area contributed by atoms with Crippen molar-refractivity contribution in [2.45, 2.75) is 13.3 Å². The molecule has 130 valence electrons. The van der Waals surface area contributed by atoms with Gasteiger partial charge in [-0.1, -0.05) is 36.9 Å². The van der Waals surface area contributed by atoms with E-state index in [-0.39, 0.29) is 12.4 Å². The molecular formula is C21H23NO3. The summed E-state index contributed by atoms with van der Waals surface area (Å²) in [5, 5.41) is 0. The van der Waals surface area contributed by atoms with Crippen LogP contribution in [-0.2, 0) is 16.0 Å². The fraction of sp³-hybridized carbons (Fsp3) is 0.238. The lowest BCUT2D eigenvalue weighted by Crippen LogP contribution is -2.14. The molecule has 0 bridgehead atoms. The molecule has 0 aliphatic rings. The van der Waals surface area contributed by atoms with Crippen molar-refractivity contribution in [1.82, 2.24) is 0 Å².